The molecule has 0 fully saturated rings. The van der Waals surface area contributed by atoms with Crippen molar-refractivity contribution in [2.75, 3.05) is 32.2 Å². The number of fused-ring (bicyclic) bond motifs is 5. The molecule has 0 bridgehead atoms. The van der Waals surface area contributed by atoms with Gasteiger partial charge in [0.25, 0.3) is 5.56 Å². The molecule has 0 radical (unpaired) electrons. The van der Waals surface area contributed by atoms with Gasteiger partial charge in [0, 0.05) is 48.6 Å². The van der Waals surface area contributed by atoms with Crippen molar-refractivity contribution in [3.05, 3.63) is 62.2 Å². The number of nitrogens with zero attached hydrogens (tertiary/aromatic N) is 2. The minimum Gasteiger partial charge on any atom is -0.458 e. The van der Waals surface area contributed by atoms with E-state index in [2.05, 4.69) is 39.2 Å². The SMILES string of the molecule is CC[C@@]1(O)C(=O)OCc2c1cc1n(c2=O)Cc2cc3c(CCCCOCNC(=O)[C@H](C)NC(=O)[C@@H](NC(=O)[C@H](CCC(=O)NC[C@H](O)[C@@H](O)[C@H](O)[C@H](O)CO)NC(=O)CCCCCS)C(C)C)c(C)c(F)cc3nc2-1. The van der Waals surface area contributed by atoms with Crippen LogP contribution in [0.5, 0.6) is 0 Å². The highest BCUT2D eigenvalue weighted by atomic mass is 32.1. The molecule has 4 heterocycles. The van der Waals surface area contributed by atoms with E-state index in [0.29, 0.717) is 60.3 Å². The van der Waals surface area contributed by atoms with E-state index in [1.807, 2.05) is 6.07 Å². The van der Waals surface area contributed by atoms with E-state index in [4.69, 9.17) is 19.6 Å². The van der Waals surface area contributed by atoms with Crippen molar-refractivity contribution in [2.45, 2.75) is 160 Å². The largest absolute Gasteiger partial charge is 0.458 e. The Morgan fingerprint density at radius 1 is 0.893 bits per heavy atom. The highest BCUT2D eigenvalue weighted by Gasteiger charge is 2.45. The van der Waals surface area contributed by atoms with Gasteiger partial charge in [0.2, 0.25) is 29.5 Å². The summed E-state index contributed by atoms with van der Waals surface area (Å²) in [6.45, 7) is 6.58. The smallest absolute Gasteiger partial charge is 0.343 e. The molecule has 0 unspecified atom stereocenters. The number of hydrogen-bond acceptors (Lipinski definition) is 17. The highest BCUT2D eigenvalue weighted by Crippen LogP contribution is 2.39. The second-order valence-corrected chi connectivity index (χ2v) is 19.9. The number of cyclic esters (lactones) is 1. The van der Waals surface area contributed by atoms with Crippen molar-refractivity contribution in [1.82, 2.24) is 36.1 Å². The molecule has 11 N–H and O–H groups in total. The monoisotopic (exact) mass is 1070 g/mol. The van der Waals surface area contributed by atoms with Crippen LogP contribution in [0.2, 0.25) is 0 Å². The Bertz CT molecular complexity index is 2620. The molecule has 75 heavy (non-hydrogen) atoms. The summed E-state index contributed by atoms with van der Waals surface area (Å²) < 4.78 is 27.8. The first kappa shape index (κ1) is 60.3. The molecule has 3 aromatic rings. The maximum atomic E-state index is 15.4. The van der Waals surface area contributed by atoms with E-state index < -0.39 is 114 Å². The lowest BCUT2D eigenvalue weighted by atomic mass is 9.86. The van der Waals surface area contributed by atoms with Crippen LogP contribution >= 0.6 is 12.6 Å². The van der Waals surface area contributed by atoms with Gasteiger partial charge in [0.15, 0.2) is 5.60 Å². The minimum atomic E-state index is -1.98. The van der Waals surface area contributed by atoms with Crippen LogP contribution in [0.15, 0.2) is 23.0 Å². The maximum absolute atomic E-state index is 15.4. The number of esters is 1. The molecule has 0 aliphatic carbocycles. The summed E-state index contributed by atoms with van der Waals surface area (Å²) in [4.78, 5) is 96.8. The molecule has 24 heteroatoms. The first-order chi connectivity index (χ1) is 35.6. The number of thiol groups is 1. The zero-order valence-corrected chi connectivity index (χ0v) is 43.8. The number of pyridine rings is 2. The Morgan fingerprint density at radius 2 is 1.61 bits per heavy atom. The van der Waals surface area contributed by atoms with E-state index in [1.54, 1.807) is 33.8 Å². The molecule has 2 aromatic heterocycles. The molecule has 2 aliphatic heterocycles. The van der Waals surface area contributed by atoms with Crippen molar-refractivity contribution in [3.63, 3.8) is 0 Å². The van der Waals surface area contributed by atoms with Gasteiger partial charge in [0.1, 0.15) is 55.6 Å². The van der Waals surface area contributed by atoms with Crippen LogP contribution in [0.1, 0.15) is 113 Å². The van der Waals surface area contributed by atoms with Gasteiger partial charge in [-0.05, 0) is 93.7 Å². The third-order valence-electron chi connectivity index (χ3n) is 13.7. The molecular weight excluding hydrogens is 1000 g/mol. The molecular formula is C51H72FN7O15S. The van der Waals surface area contributed by atoms with Gasteiger partial charge in [-0.3, -0.25) is 28.8 Å². The summed E-state index contributed by atoms with van der Waals surface area (Å²) in [7, 11) is 0. The zero-order valence-electron chi connectivity index (χ0n) is 42.9. The Balaban J connectivity index is 1.11. The van der Waals surface area contributed by atoms with Crippen LogP contribution in [-0.4, -0.2) is 150 Å². The maximum Gasteiger partial charge on any atom is 0.343 e. The van der Waals surface area contributed by atoms with Crippen LogP contribution in [0, 0.1) is 18.7 Å². The van der Waals surface area contributed by atoms with Crippen LogP contribution in [0.3, 0.4) is 0 Å². The van der Waals surface area contributed by atoms with Crippen LogP contribution in [-0.2, 0) is 63.4 Å². The van der Waals surface area contributed by atoms with Crippen molar-refractivity contribution in [1.29, 1.82) is 0 Å². The topological polar surface area (TPSA) is 337 Å². The van der Waals surface area contributed by atoms with Gasteiger partial charge in [-0.25, -0.2) is 14.2 Å². The fourth-order valence-corrected chi connectivity index (χ4v) is 9.19. The Morgan fingerprint density at radius 3 is 2.29 bits per heavy atom. The summed E-state index contributed by atoms with van der Waals surface area (Å²) in [6.07, 6.45) is -4.26. The average Bonchev–Trinajstić information content (AvgIpc) is 3.75. The molecule has 0 saturated heterocycles. The number of nitrogens with one attached hydrogen (secondary N) is 5. The van der Waals surface area contributed by atoms with E-state index in [9.17, 15) is 59.1 Å². The first-order valence-electron chi connectivity index (χ1n) is 25.3. The first-order valence-corrected chi connectivity index (χ1v) is 26.0. The minimum absolute atomic E-state index is 0.00124. The third kappa shape index (κ3) is 14.9. The second-order valence-electron chi connectivity index (χ2n) is 19.4. The fourth-order valence-electron chi connectivity index (χ4n) is 8.97. The molecule has 0 saturated carbocycles. The number of benzene rings is 1. The van der Waals surface area contributed by atoms with Gasteiger partial charge in [-0.15, -0.1) is 0 Å². The Labute approximate surface area is 439 Å². The summed E-state index contributed by atoms with van der Waals surface area (Å²) >= 11 is 4.17. The van der Waals surface area contributed by atoms with Crippen molar-refractivity contribution < 1.29 is 73.3 Å². The Hall–Kier alpha value is -5.60. The van der Waals surface area contributed by atoms with Gasteiger partial charge in [0.05, 0.1) is 41.7 Å². The molecule has 5 rings (SSSR count). The standard InChI is InChI=1S/C51H72FN7O15S/c1-6-51(72)33-19-37-43-29(22-59(37)49(70)32(33)24-74-50(51)71)18-31-30(27(4)34(52)20-36(31)57-43)12-9-10-16-73-25-54-46(67)28(5)55-48(69)42(26(2)3)58-47(68)35(56-41(64)13-8-7-11-17-75)14-15-40(63)53-21-38(61)44(65)45(66)39(62)23-60/h18-20,26,28,35,38-39,42,44-45,60-62,65-66,72,75H,6-17,21-25H2,1-5H3,(H,53,63)(H,54,67)(H,55,69)(H,56,64)(H,58,68)/t28-,35-,38-,39+,42-,44+,45+,51-/m0/s1. The van der Waals surface area contributed by atoms with E-state index >= 15 is 4.39 Å². The number of carbonyl (C=O) groups excluding carboxylic acids is 6. The molecule has 22 nitrogen and oxygen atoms in total. The number of halogens is 1. The second kappa shape index (κ2) is 27.4. The number of amides is 5. The number of aliphatic hydroxyl groups excluding tert-OH is 5. The summed E-state index contributed by atoms with van der Waals surface area (Å²) in [5.74, 6) is -4.40. The lowest BCUT2D eigenvalue weighted by molar-refractivity contribution is -0.172. The number of carbonyl (C=O) groups is 6. The van der Waals surface area contributed by atoms with E-state index in [0.717, 1.165) is 22.9 Å². The molecule has 8 atom stereocenters. The number of aryl methyl sites for hydroxylation is 1. The summed E-state index contributed by atoms with van der Waals surface area (Å²) in [5, 5.41) is 73.3. The summed E-state index contributed by atoms with van der Waals surface area (Å²) in [6, 6.07) is 1.30. The highest BCUT2D eigenvalue weighted by molar-refractivity contribution is 7.80. The van der Waals surface area contributed by atoms with Gasteiger partial charge < -0.3 is 71.3 Å². The lowest BCUT2D eigenvalue weighted by Crippen LogP contribution is -2.58. The molecule has 5 amide bonds. The Kier molecular flexibility index (Phi) is 22.1. The zero-order chi connectivity index (χ0) is 55.3. The normalized spacial score (nSPS) is 17.6. The average molecular weight is 1070 g/mol. The van der Waals surface area contributed by atoms with Gasteiger partial charge in [-0.1, -0.05) is 27.2 Å². The van der Waals surface area contributed by atoms with Crippen LogP contribution in [0.4, 0.5) is 4.39 Å². The predicted molar refractivity (Wildman–Crippen MR) is 273 cm³/mol. The van der Waals surface area contributed by atoms with E-state index in [1.165, 1.54) is 17.6 Å². The number of unbranched alkanes of at least 4 members (excludes halogenated alkanes) is 3. The number of rotatable bonds is 29. The molecule has 2 aliphatic rings. The van der Waals surface area contributed by atoms with Gasteiger partial charge in [-0.2, -0.15) is 12.6 Å². The number of ether oxygens (including phenoxy) is 2. The van der Waals surface area contributed by atoms with Crippen molar-refractivity contribution in [2.24, 2.45) is 5.92 Å². The fraction of sp³-hybridized carbons (Fsp3) is 0.608. The quantitative estimate of drug-likeness (QED) is 0.0146. The van der Waals surface area contributed by atoms with E-state index in [-0.39, 0.29) is 63.3 Å². The number of hydrogen-bond donors (Lipinski definition) is 12. The van der Waals surface area contributed by atoms with Crippen LogP contribution < -0.4 is 32.1 Å². The number of aromatic nitrogens is 2. The lowest BCUT2D eigenvalue weighted by Gasteiger charge is -2.31. The third-order valence-corrected chi connectivity index (χ3v) is 14.0. The molecule has 1 aromatic carbocycles. The van der Waals surface area contributed by atoms with Crippen molar-refractivity contribution >= 4 is 59.0 Å². The van der Waals surface area contributed by atoms with Crippen LogP contribution in [0.25, 0.3) is 22.3 Å². The van der Waals surface area contributed by atoms with Gasteiger partial charge >= 0.3 is 5.97 Å². The molecule has 414 valence electrons. The predicted octanol–water partition coefficient (Wildman–Crippen LogP) is -0.107. The van der Waals surface area contributed by atoms with Crippen molar-refractivity contribution in [3.8, 4) is 11.4 Å². The summed E-state index contributed by atoms with van der Waals surface area (Å²) in [5.41, 5.74) is 1.17. The number of aliphatic hydroxyl groups is 6. The molecule has 0 spiro atoms.